The van der Waals surface area contributed by atoms with Gasteiger partial charge in [-0.3, -0.25) is 10.3 Å². The fourth-order valence-electron chi connectivity index (χ4n) is 1.03. The van der Waals surface area contributed by atoms with E-state index in [1.54, 1.807) is 18.3 Å². The second kappa shape index (κ2) is 4.34. The van der Waals surface area contributed by atoms with E-state index < -0.39 is 11.7 Å². The van der Waals surface area contributed by atoms with Crippen LogP contribution in [0.2, 0.25) is 0 Å². The summed E-state index contributed by atoms with van der Waals surface area (Å²) in [5.74, 6) is 0. The van der Waals surface area contributed by atoms with Crippen LogP contribution in [0.5, 0.6) is 0 Å². The Morgan fingerprint density at radius 1 is 1.53 bits per heavy atom. The van der Waals surface area contributed by atoms with Crippen molar-refractivity contribution in [2.45, 2.75) is 26.4 Å². The summed E-state index contributed by atoms with van der Waals surface area (Å²) in [6, 6.07) is 3.55. The molecular weight excluding hydrogens is 191 g/mol. The highest BCUT2D eigenvalue weighted by molar-refractivity contribution is 6.34. The predicted octanol–water partition coefficient (Wildman–Crippen LogP) is 0.687. The van der Waals surface area contributed by atoms with Crippen LogP contribution in [0.1, 0.15) is 20.8 Å². The minimum absolute atomic E-state index is 0.460. The normalized spacial score (nSPS) is 10.9. The van der Waals surface area contributed by atoms with Crippen molar-refractivity contribution in [3.63, 3.8) is 0 Å². The van der Waals surface area contributed by atoms with Gasteiger partial charge in [0.2, 0.25) is 0 Å². The van der Waals surface area contributed by atoms with Crippen molar-refractivity contribution < 1.29 is 9.53 Å². The van der Waals surface area contributed by atoms with E-state index in [4.69, 9.17) is 4.74 Å². The van der Waals surface area contributed by atoms with Crippen molar-refractivity contribution in [3.8, 4) is 0 Å². The Morgan fingerprint density at radius 2 is 2.20 bits per heavy atom. The molecule has 0 saturated carbocycles. The average molecular weight is 206 g/mol. The molecule has 0 unspecified atom stereocenters. The highest BCUT2D eigenvalue weighted by atomic mass is 16.6. The maximum atomic E-state index is 11.4. The summed E-state index contributed by atoms with van der Waals surface area (Å²) in [4.78, 5) is 15.5. The highest BCUT2D eigenvalue weighted by Gasteiger charge is 2.16. The molecule has 1 amide bonds. The summed E-state index contributed by atoms with van der Waals surface area (Å²) in [6.07, 6.45) is 1.22. The fraction of sp³-hybridized carbons (Fsp3) is 0.400. The Morgan fingerprint density at radius 3 is 2.73 bits per heavy atom. The van der Waals surface area contributed by atoms with Gasteiger partial charge in [-0.15, -0.1) is 0 Å². The third-order valence-corrected chi connectivity index (χ3v) is 1.64. The Labute approximate surface area is 90.5 Å². The van der Waals surface area contributed by atoms with Crippen LogP contribution in [0.15, 0.2) is 18.3 Å². The van der Waals surface area contributed by atoms with E-state index in [-0.39, 0.29) is 0 Å². The summed E-state index contributed by atoms with van der Waals surface area (Å²) in [5.41, 5.74) is 0.954. The molecule has 15 heavy (non-hydrogen) atoms. The van der Waals surface area contributed by atoms with Gasteiger partial charge in [-0.25, -0.2) is 4.79 Å². The predicted molar refractivity (Wildman–Crippen MR) is 62.3 cm³/mol. The van der Waals surface area contributed by atoms with E-state index in [2.05, 4.69) is 10.3 Å². The first kappa shape index (κ1) is 11.6. The quantitative estimate of drug-likeness (QED) is 0.687. The van der Waals surface area contributed by atoms with Crippen LogP contribution in [0.4, 0.5) is 10.5 Å². The molecule has 1 rings (SSSR count). The molecule has 1 aromatic rings. The van der Waals surface area contributed by atoms with E-state index in [1.165, 1.54) is 0 Å². The third-order valence-electron chi connectivity index (χ3n) is 1.64. The van der Waals surface area contributed by atoms with Crippen molar-refractivity contribution in [1.82, 2.24) is 4.98 Å². The molecule has 0 saturated heterocycles. The molecule has 0 radical (unpaired) electrons. The molecule has 0 aromatic carbocycles. The molecule has 0 aliphatic rings. The van der Waals surface area contributed by atoms with Gasteiger partial charge in [-0.1, -0.05) is 0 Å². The van der Waals surface area contributed by atoms with Gasteiger partial charge in [-0.05, 0) is 32.9 Å². The average Bonchev–Trinajstić information content (AvgIpc) is 2.05. The van der Waals surface area contributed by atoms with Crippen LogP contribution in [-0.4, -0.2) is 24.5 Å². The fourth-order valence-corrected chi connectivity index (χ4v) is 1.03. The zero-order valence-electron chi connectivity index (χ0n) is 9.50. The van der Waals surface area contributed by atoms with Crippen molar-refractivity contribution in [1.29, 1.82) is 0 Å². The number of hydrogen-bond acceptors (Lipinski definition) is 3. The van der Waals surface area contributed by atoms with E-state index in [0.29, 0.717) is 5.69 Å². The molecule has 0 aliphatic heterocycles. The van der Waals surface area contributed by atoms with Gasteiger partial charge >= 0.3 is 6.09 Å². The summed E-state index contributed by atoms with van der Waals surface area (Å²) in [6.45, 7) is 5.47. The van der Waals surface area contributed by atoms with E-state index in [0.717, 1.165) is 5.59 Å². The second-order valence-corrected chi connectivity index (χ2v) is 4.26. The van der Waals surface area contributed by atoms with Crippen LogP contribution < -0.4 is 10.9 Å². The molecule has 1 aromatic heterocycles. The minimum atomic E-state index is -0.486. The lowest BCUT2D eigenvalue weighted by molar-refractivity contribution is 0.0636. The maximum Gasteiger partial charge on any atom is 0.412 e. The molecule has 1 heterocycles. The zero-order chi connectivity index (χ0) is 11.5. The van der Waals surface area contributed by atoms with Gasteiger partial charge in [0.05, 0.1) is 5.69 Å². The van der Waals surface area contributed by atoms with Crippen molar-refractivity contribution >= 4 is 25.2 Å². The first-order chi connectivity index (χ1) is 6.88. The van der Waals surface area contributed by atoms with Crippen LogP contribution in [0, 0.1) is 0 Å². The number of aromatic nitrogens is 1. The van der Waals surface area contributed by atoms with Crippen LogP contribution in [0.3, 0.4) is 0 Å². The smallest absolute Gasteiger partial charge is 0.412 e. The van der Waals surface area contributed by atoms with Gasteiger partial charge in [0.25, 0.3) is 0 Å². The number of rotatable bonds is 1. The summed E-state index contributed by atoms with van der Waals surface area (Å²) >= 11 is 0. The van der Waals surface area contributed by atoms with E-state index >= 15 is 0 Å². The first-order valence-electron chi connectivity index (χ1n) is 4.80. The number of nitrogens with one attached hydrogen (secondary N) is 1. The number of carbonyl (C=O) groups is 1. The largest absolute Gasteiger partial charge is 0.444 e. The third kappa shape index (κ3) is 4.02. The van der Waals surface area contributed by atoms with Crippen molar-refractivity contribution in [2.75, 3.05) is 5.32 Å². The SMILES string of the molecule is Bc1ncccc1NC(=O)OC(C)(C)C. The monoisotopic (exact) mass is 206 g/mol. The van der Waals surface area contributed by atoms with Gasteiger partial charge in [0, 0.05) is 11.8 Å². The summed E-state index contributed by atoms with van der Waals surface area (Å²) < 4.78 is 5.12. The zero-order valence-corrected chi connectivity index (χ0v) is 9.50. The first-order valence-corrected chi connectivity index (χ1v) is 4.80. The topological polar surface area (TPSA) is 51.2 Å². The standard InChI is InChI=1S/C10H15BN2O2/c1-10(2,3)15-9(14)13-7-5-4-6-12-8(7)11/h4-6H,11H2,1-3H3,(H,13,14). The summed E-state index contributed by atoms with van der Waals surface area (Å²) in [7, 11) is 1.83. The minimum Gasteiger partial charge on any atom is -0.444 e. The number of hydrogen-bond donors (Lipinski definition) is 1. The Bertz CT molecular complexity index is 361. The maximum absolute atomic E-state index is 11.4. The molecule has 1 N–H and O–H groups in total. The molecule has 0 fully saturated rings. The molecular formula is C10H15BN2O2. The van der Waals surface area contributed by atoms with Gasteiger partial charge in [-0.2, -0.15) is 0 Å². The molecule has 0 bridgehead atoms. The number of ether oxygens (including phenoxy) is 1. The number of carbonyl (C=O) groups excluding carboxylic acids is 1. The van der Waals surface area contributed by atoms with Crippen LogP contribution in [0.25, 0.3) is 0 Å². The highest BCUT2D eigenvalue weighted by Crippen LogP contribution is 2.09. The van der Waals surface area contributed by atoms with Gasteiger partial charge < -0.3 is 4.74 Å². The molecule has 0 atom stereocenters. The second-order valence-electron chi connectivity index (χ2n) is 4.26. The Hall–Kier alpha value is -1.52. The lowest BCUT2D eigenvalue weighted by atomic mass is 10.0. The number of anilines is 1. The van der Waals surface area contributed by atoms with Crippen LogP contribution in [-0.2, 0) is 4.74 Å². The summed E-state index contributed by atoms with van der Waals surface area (Å²) in [5, 5.41) is 2.64. The van der Waals surface area contributed by atoms with Crippen molar-refractivity contribution in [3.05, 3.63) is 18.3 Å². The molecule has 0 spiro atoms. The van der Waals surface area contributed by atoms with E-state index in [9.17, 15) is 4.79 Å². The van der Waals surface area contributed by atoms with Crippen molar-refractivity contribution in [2.24, 2.45) is 0 Å². The lowest BCUT2D eigenvalue weighted by Gasteiger charge is -2.20. The molecule has 0 aliphatic carbocycles. The lowest BCUT2D eigenvalue weighted by Crippen LogP contribution is -2.29. The Kier molecular flexibility index (Phi) is 3.34. The van der Waals surface area contributed by atoms with E-state index in [1.807, 2.05) is 28.6 Å². The number of pyridine rings is 1. The molecule has 4 nitrogen and oxygen atoms in total. The van der Waals surface area contributed by atoms with Gasteiger partial charge in [0.1, 0.15) is 5.60 Å². The number of amides is 1. The Balaban J connectivity index is 2.64. The van der Waals surface area contributed by atoms with Crippen LogP contribution >= 0.6 is 0 Å². The molecule has 5 heteroatoms. The molecule has 80 valence electrons. The number of nitrogens with zero attached hydrogens (tertiary/aromatic N) is 1. The van der Waals surface area contributed by atoms with Gasteiger partial charge in [0.15, 0.2) is 7.85 Å².